The molecule has 6 heteroatoms. The lowest BCUT2D eigenvalue weighted by molar-refractivity contribution is -0.118. The van der Waals surface area contributed by atoms with E-state index in [4.69, 9.17) is 4.74 Å². The summed E-state index contributed by atoms with van der Waals surface area (Å²) in [5.74, 6) is 0.532. The predicted octanol–water partition coefficient (Wildman–Crippen LogP) is 1.05. The van der Waals surface area contributed by atoms with Crippen molar-refractivity contribution in [2.45, 2.75) is 6.04 Å². The molecule has 1 unspecified atom stereocenters. The van der Waals surface area contributed by atoms with E-state index in [0.717, 1.165) is 5.56 Å². The molecule has 22 heavy (non-hydrogen) atoms. The average Bonchev–Trinajstić information content (AvgIpc) is 2.73. The Kier molecular flexibility index (Phi) is 3.93. The molecular formula is C16H17N3O3. The van der Waals surface area contributed by atoms with Crippen LogP contribution in [0.5, 0.6) is 5.75 Å². The maximum Gasteiger partial charge on any atom is 0.250 e. The van der Waals surface area contributed by atoms with Crippen LogP contribution in [0, 0.1) is 0 Å². The zero-order chi connectivity index (χ0) is 15.5. The molecule has 1 amide bonds. The quantitative estimate of drug-likeness (QED) is 0.869. The summed E-state index contributed by atoms with van der Waals surface area (Å²) >= 11 is 0. The summed E-state index contributed by atoms with van der Waals surface area (Å²) in [4.78, 5) is 24.0. The molecule has 1 aliphatic rings. The van der Waals surface area contributed by atoms with Gasteiger partial charge in [-0.2, -0.15) is 0 Å². The number of aromatic nitrogens is 1. The molecule has 0 aliphatic carbocycles. The molecule has 1 atom stereocenters. The molecule has 1 aromatic heterocycles. The Morgan fingerprint density at radius 1 is 1.32 bits per heavy atom. The molecule has 3 rings (SSSR count). The lowest BCUT2D eigenvalue weighted by Crippen LogP contribution is -2.33. The third-order valence-corrected chi connectivity index (χ3v) is 3.55. The van der Waals surface area contributed by atoms with Crippen molar-refractivity contribution in [3.05, 3.63) is 58.5 Å². The topological polar surface area (TPSA) is 72.4 Å². The fourth-order valence-electron chi connectivity index (χ4n) is 2.44. The standard InChI is InChI=1S/C16H17N3O3/c1-19-10-11(6-7-14(19)20)18-16(21)15-12-4-2-3-5-13(12)22-9-8-17-15/h2-7,10,15,17H,8-9H2,1H3,(H,18,21). The van der Waals surface area contributed by atoms with Crippen LogP contribution in [0.25, 0.3) is 0 Å². The van der Waals surface area contributed by atoms with Gasteiger partial charge in [0.1, 0.15) is 18.4 Å². The molecule has 114 valence electrons. The molecular weight excluding hydrogens is 282 g/mol. The highest BCUT2D eigenvalue weighted by molar-refractivity contribution is 5.95. The fraction of sp³-hybridized carbons (Fsp3) is 0.250. The number of carbonyl (C=O) groups excluding carboxylic acids is 1. The number of pyridine rings is 1. The van der Waals surface area contributed by atoms with Crippen molar-refractivity contribution < 1.29 is 9.53 Å². The van der Waals surface area contributed by atoms with Crippen molar-refractivity contribution in [2.75, 3.05) is 18.5 Å². The highest BCUT2D eigenvalue weighted by atomic mass is 16.5. The molecule has 2 N–H and O–H groups in total. The van der Waals surface area contributed by atoms with Crippen molar-refractivity contribution in [1.82, 2.24) is 9.88 Å². The highest BCUT2D eigenvalue weighted by Crippen LogP contribution is 2.27. The van der Waals surface area contributed by atoms with E-state index < -0.39 is 6.04 Å². The number of para-hydroxylation sites is 1. The minimum atomic E-state index is -0.490. The number of hydrogen-bond acceptors (Lipinski definition) is 4. The minimum absolute atomic E-state index is 0.121. The maximum atomic E-state index is 12.6. The van der Waals surface area contributed by atoms with Crippen LogP contribution in [0.1, 0.15) is 11.6 Å². The number of benzene rings is 1. The molecule has 0 saturated carbocycles. The zero-order valence-electron chi connectivity index (χ0n) is 12.2. The van der Waals surface area contributed by atoms with E-state index in [1.54, 1.807) is 19.3 Å². The van der Waals surface area contributed by atoms with E-state index in [-0.39, 0.29) is 11.5 Å². The fourth-order valence-corrected chi connectivity index (χ4v) is 2.44. The first-order valence-electron chi connectivity index (χ1n) is 7.08. The monoisotopic (exact) mass is 299 g/mol. The molecule has 1 aromatic carbocycles. The number of nitrogens with one attached hydrogen (secondary N) is 2. The number of aryl methyl sites for hydroxylation is 1. The zero-order valence-corrected chi connectivity index (χ0v) is 12.2. The van der Waals surface area contributed by atoms with Crippen molar-refractivity contribution in [1.29, 1.82) is 0 Å². The minimum Gasteiger partial charge on any atom is -0.492 e. The number of rotatable bonds is 2. The van der Waals surface area contributed by atoms with Gasteiger partial charge in [0.05, 0.1) is 5.69 Å². The summed E-state index contributed by atoms with van der Waals surface area (Å²) in [7, 11) is 1.64. The van der Waals surface area contributed by atoms with Gasteiger partial charge in [-0.05, 0) is 12.1 Å². The number of hydrogen-bond donors (Lipinski definition) is 2. The summed E-state index contributed by atoms with van der Waals surface area (Å²) < 4.78 is 7.05. The van der Waals surface area contributed by atoms with Crippen LogP contribution < -0.4 is 20.9 Å². The van der Waals surface area contributed by atoms with Gasteiger partial charge in [-0.15, -0.1) is 0 Å². The molecule has 6 nitrogen and oxygen atoms in total. The van der Waals surface area contributed by atoms with Gasteiger partial charge in [0.15, 0.2) is 0 Å². The van der Waals surface area contributed by atoms with E-state index in [0.29, 0.717) is 24.6 Å². The largest absolute Gasteiger partial charge is 0.492 e. The number of anilines is 1. The van der Waals surface area contributed by atoms with Gasteiger partial charge in [-0.1, -0.05) is 18.2 Å². The van der Waals surface area contributed by atoms with Gasteiger partial charge in [-0.25, -0.2) is 0 Å². The smallest absolute Gasteiger partial charge is 0.250 e. The molecule has 0 radical (unpaired) electrons. The second-order valence-electron chi connectivity index (χ2n) is 5.13. The van der Waals surface area contributed by atoms with Crippen LogP contribution in [-0.2, 0) is 11.8 Å². The molecule has 0 bridgehead atoms. The first kappa shape index (κ1) is 14.3. The number of amides is 1. The lowest BCUT2D eigenvalue weighted by Gasteiger charge is -2.17. The first-order valence-corrected chi connectivity index (χ1v) is 7.08. The van der Waals surface area contributed by atoms with Gasteiger partial charge in [-0.3, -0.25) is 14.9 Å². The summed E-state index contributed by atoms with van der Waals surface area (Å²) in [5, 5.41) is 6.01. The summed E-state index contributed by atoms with van der Waals surface area (Å²) in [6.07, 6.45) is 1.60. The number of carbonyl (C=O) groups is 1. The predicted molar refractivity (Wildman–Crippen MR) is 83.0 cm³/mol. The van der Waals surface area contributed by atoms with Crippen LogP contribution in [0.3, 0.4) is 0 Å². The van der Waals surface area contributed by atoms with Gasteiger partial charge in [0.25, 0.3) is 0 Å². The van der Waals surface area contributed by atoms with E-state index in [1.807, 2.05) is 24.3 Å². The van der Waals surface area contributed by atoms with Crippen molar-refractivity contribution in [3.63, 3.8) is 0 Å². The van der Waals surface area contributed by atoms with Crippen LogP contribution in [0.2, 0.25) is 0 Å². The lowest BCUT2D eigenvalue weighted by atomic mass is 10.1. The molecule has 1 aliphatic heterocycles. The Morgan fingerprint density at radius 2 is 2.14 bits per heavy atom. The second kappa shape index (κ2) is 6.03. The molecule has 0 spiro atoms. The van der Waals surface area contributed by atoms with E-state index in [9.17, 15) is 9.59 Å². The summed E-state index contributed by atoms with van der Waals surface area (Å²) in [6, 6.07) is 10.0. The molecule has 0 fully saturated rings. The number of nitrogens with zero attached hydrogens (tertiary/aromatic N) is 1. The number of ether oxygens (including phenoxy) is 1. The normalized spacial score (nSPS) is 17.0. The Morgan fingerprint density at radius 3 is 2.95 bits per heavy atom. The van der Waals surface area contributed by atoms with Crippen LogP contribution >= 0.6 is 0 Å². The molecule has 2 aromatic rings. The van der Waals surface area contributed by atoms with Crippen molar-refractivity contribution >= 4 is 11.6 Å². The third kappa shape index (κ3) is 2.87. The second-order valence-corrected chi connectivity index (χ2v) is 5.13. The average molecular weight is 299 g/mol. The molecule has 0 saturated heterocycles. The Hall–Kier alpha value is -2.60. The molecule has 2 heterocycles. The van der Waals surface area contributed by atoms with E-state index in [2.05, 4.69) is 10.6 Å². The Labute approximate surface area is 127 Å². The SMILES string of the molecule is Cn1cc(NC(=O)C2NCCOc3ccccc32)ccc1=O. The Balaban J connectivity index is 1.85. The van der Waals surface area contributed by atoms with Crippen LogP contribution in [0.15, 0.2) is 47.4 Å². The summed E-state index contributed by atoms with van der Waals surface area (Å²) in [5.41, 5.74) is 1.27. The summed E-state index contributed by atoms with van der Waals surface area (Å²) in [6.45, 7) is 1.10. The van der Waals surface area contributed by atoms with Gasteiger partial charge >= 0.3 is 0 Å². The van der Waals surface area contributed by atoms with E-state index >= 15 is 0 Å². The van der Waals surface area contributed by atoms with Crippen molar-refractivity contribution in [3.8, 4) is 5.75 Å². The highest BCUT2D eigenvalue weighted by Gasteiger charge is 2.25. The Bertz CT molecular complexity index is 754. The maximum absolute atomic E-state index is 12.6. The van der Waals surface area contributed by atoms with Gasteiger partial charge in [0.2, 0.25) is 11.5 Å². The van der Waals surface area contributed by atoms with Gasteiger partial charge < -0.3 is 14.6 Å². The first-order chi connectivity index (χ1) is 10.6. The van der Waals surface area contributed by atoms with Gasteiger partial charge in [0, 0.05) is 31.4 Å². The number of fused-ring (bicyclic) bond motifs is 1. The van der Waals surface area contributed by atoms with Crippen LogP contribution in [-0.4, -0.2) is 23.6 Å². The third-order valence-electron chi connectivity index (χ3n) is 3.55. The van der Waals surface area contributed by atoms with Crippen molar-refractivity contribution in [2.24, 2.45) is 7.05 Å². The van der Waals surface area contributed by atoms with Crippen LogP contribution in [0.4, 0.5) is 5.69 Å². The van der Waals surface area contributed by atoms with E-state index in [1.165, 1.54) is 10.6 Å².